The number of imidazole rings is 1. The molecular weight excluding hydrogens is 198 g/mol. The van der Waals surface area contributed by atoms with E-state index in [-0.39, 0.29) is 18.1 Å². The summed E-state index contributed by atoms with van der Waals surface area (Å²) in [6.45, 7) is 0.235. The van der Waals surface area contributed by atoms with Crippen LogP contribution in [0.4, 0.5) is 0 Å². The first kappa shape index (κ1) is 9.97. The van der Waals surface area contributed by atoms with Crippen LogP contribution in [0, 0.1) is 0 Å². The standard InChI is InChI=1S/C9H13N3O3/c13-7(6-4-10-8(14)12-6)11-5-9(15)2-1-3-9/h4,15H,1-3,5H2,(H,11,13)(H2,10,12,14). The molecule has 2 rings (SSSR count). The van der Waals surface area contributed by atoms with Crippen LogP contribution in [0.15, 0.2) is 11.0 Å². The number of carbonyl (C=O) groups is 1. The Hall–Kier alpha value is -1.56. The van der Waals surface area contributed by atoms with Crippen molar-refractivity contribution in [1.82, 2.24) is 15.3 Å². The quantitative estimate of drug-likeness (QED) is 0.534. The number of rotatable bonds is 3. The van der Waals surface area contributed by atoms with Crippen molar-refractivity contribution in [2.75, 3.05) is 6.54 Å². The predicted molar refractivity (Wildman–Crippen MR) is 52.5 cm³/mol. The minimum Gasteiger partial charge on any atom is -0.388 e. The zero-order chi connectivity index (χ0) is 10.9. The van der Waals surface area contributed by atoms with Crippen LogP contribution >= 0.6 is 0 Å². The van der Waals surface area contributed by atoms with E-state index in [1.807, 2.05) is 0 Å². The summed E-state index contributed by atoms with van der Waals surface area (Å²) < 4.78 is 0. The van der Waals surface area contributed by atoms with Gasteiger partial charge in [0.25, 0.3) is 5.91 Å². The Kier molecular flexibility index (Phi) is 2.36. The second-order valence-corrected chi connectivity index (χ2v) is 3.92. The zero-order valence-corrected chi connectivity index (χ0v) is 8.17. The highest BCUT2D eigenvalue weighted by Gasteiger charge is 2.34. The largest absolute Gasteiger partial charge is 0.388 e. The van der Waals surface area contributed by atoms with Crippen LogP contribution in [0.25, 0.3) is 0 Å². The molecule has 1 heterocycles. The van der Waals surface area contributed by atoms with Gasteiger partial charge < -0.3 is 20.4 Å². The van der Waals surface area contributed by atoms with E-state index in [1.165, 1.54) is 6.20 Å². The maximum Gasteiger partial charge on any atom is 0.323 e. The number of aromatic nitrogens is 2. The highest BCUT2D eigenvalue weighted by molar-refractivity contribution is 5.91. The molecule has 0 spiro atoms. The highest BCUT2D eigenvalue weighted by atomic mass is 16.3. The normalized spacial score (nSPS) is 18.2. The summed E-state index contributed by atoms with van der Waals surface area (Å²) in [7, 11) is 0. The summed E-state index contributed by atoms with van der Waals surface area (Å²) in [6.07, 6.45) is 3.74. The molecule has 1 aliphatic carbocycles. The second kappa shape index (κ2) is 3.54. The number of amides is 1. The molecule has 6 nitrogen and oxygen atoms in total. The van der Waals surface area contributed by atoms with Gasteiger partial charge >= 0.3 is 5.69 Å². The number of hydrogen-bond acceptors (Lipinski definition) is 3. The van der Waals surface area contributed by atoms with Gasteiger partial charge in [0.05, 0.1) is 5.60 Å². The molecule has 82 valence electrons. The molecule has 0 radical (unpaired) electrons. The SMILES string of the molecule is O=C(NCC1(O)CCC1)c1c[nH]c(=O)[nH]1. The summed E-state index contributed by atoms with van der Waals surface area (Å²) >= 11 is 0. The predicted octanol–water partition coefficient (Wildman–Crippen LogP) is -0.652. The Bertz CT molecular complexity index is 416. The first-order valence-corrected chi connectivity index (χ1v) is 4.87. The van der Waals surface area contributed by atoms with E-state index in [9.17, 15) is 14.7 Å². The maximum absolute atomic E-state index is 11.4. The molecule has 4 N–H and O–H groups in total. The second-order valence-electron chi connectivity index (χ2n) is 3.92. The molecule has 0 aliphatic heterocycles. The molecule has 1 aromatic heterocycles. The Morgan fingerprint density at radius 2 is 2.33 bits per heavy atom. The van der Waals surface area contributed by atoms with Gasteiger partial charge in [0, 0.05) is 12.7 Å². The van der Waals surface area contributed by atoms with Gasteiger partial charge in [0.1, 0.15) is 5.69 Å². The lowest BCUT2D eigenvalue weighted by molar-refractivity contribution is -0.0300. The number of carbonyl (C=O) groups excluding carboxylic acids is 1. The van der Waals surface area contributed by atoms with Crippen LogP contribution in [0.2, 0.25) is 0 Å². The van der Waals surface area contributed by atoms with Crippen LogP contribution in [0.3, 0.4) is 0 Å². The van der Waals surface area contributed by atoms with E-state index in [2.05, 4.69) is 15.3 Å². The molecule has 0 unspecified atom stereocenters. The van der Waals surface area contributed by atoms with Gasteiger partial charge in [-0.05, 0) is 19.3 Å². The zero-order valence-electron chi connectivity index (χ0n) is 8.17. The van der Waals surface area contributed by atoms with Crippen molar-refractivity contribution in [3.63, 3.8) is 0 Å². The molecule has 0 atom stereocenters. The van der Waals surface area contributed by atoms with Gasteiger partial charge in [-0.15, -0.1) is 0 Å². The highest BCUT2D eigenvalue weighted by Crippen LogP contribution is 2.30. The third kappa shape index (κ3) is 2.10. The number of aliphatic hydroxyl groups is 1. The molecule has 1 fully saturated rings. The number of nitrogens with one attached hydrogen (secondary N) is 3. The average molecular weight is 211 g/mol. The van der Waals surface area contributed by atoms with E-state index in [1.54, 1.807) is 0 Å². The average Bonchev–Trinajstić information content (AvgIpc) is 2.58. The van der Waals surface area contributed by atoms with Gasteiger partial charge in [0.15, 0.2) is 0 Å². The van der Waals surface area contributed by atoms with E-state index in [0.717, 1.165) is 19.3 Å². The molecule has 1 amide bonds. The summed E-state index contributed by atoms with van der Waals surface area (Å²) in [5.74, 6) is -0.381. The molecule has 15 heavy (non-hydrogen) atoms. The molecule has 0 aromatic carbocycles. The van der Waals surface area contributed by atoms with Gasteiger partial charge in [-0.1, -0.05) is 0 Å². The van der Waals surface area contributed by atoms with E-state index >= 15 is 0 Å². The Morgan fingerprint density at radius 3 is 2.80 bits per heavy atom. The van der Waals surface area contributed by atoms with Gasteiger partial charge in [-0.3, -0.25) is 4.79 Å². The van der Waals surface area contributed by atoms with Gasteiger partial charge in [0.2, 0.25) is 0 Å². The third-order valence-corrected chi connectivity index (χ3v) is 2.70. The smallest absolute Gasteiger partial charge is 0.323 e. The van der Waals surface area contributed by atoms with Crippen LogP contribution in [-0.4, -0.2) is 33.1 Å². The lowest BCUT2D eigenvalue weighted by Gasteiger charge is -2.36. The lowest BCUT2D eigenvalue weighted by Crippen LogP contribution is -2.47. The molecule has 1 aromatic rings. The van der Waals surface area contributed by atoms with Crippen molar-refractivity contribution in [1.29, 1.82) is 0 Å². The van der Waals surface area contributed by atoms with Crippen molar-refractivity contribution in [2.24, 2.45) is 0 Å². The van der Waals surface area contributed by atoms with E-state index in [0.29, 0.717) is 0 Å². The van der Waals surface area contributed by atoms with Gasteiger partial charge in [-0.25, -0.2) is 4.79 Å². The minimum atomic E-state index is -0.744. The summed E-state index contributed by atoms with van der Waals surface area (Å²) in [5.41, 5.74) is -0.975. The summed E-state index contributed by atoms with van der Waals surface area (Å²) in [5, 5.41) is 12.3. The first-order chi connectivity index (χ1) is 7.09. The fourth-order valence-corrected chi connectivity index (χ4v) is 1.56. The lowest BCUT2D eigenvalue weighted by atomic mass is 9.80. The Labute approximate surface area is 85.7 Å². The number of H-pyrrole nitrogens is 2. The van der Waals surface area contributed by atoms with Gasteiger partial charge in [-0.2, -0.15) is 0 Å². The summed E-state index contributed by atoms with van der Waals surface area (Å²) in [4.78, 5) is 26.8. The summed E-state index contributed by atoms with van der Waals surface area (Å²) in [6, 6.07) is 0. The van der Waals surface area contributed by atoms with Crippen molar-refractivity contribution < 1.29 is 9.90 Å². The topological polar surface area (TPSA) is 98.0 Å². The molecule has 0 saturated heterocycles. The molecule has 1 saturated carbocycles. The molecular formula is C9H13N3O3. The van der Waals surface area contributed by atoms with E-state index < -0.39 is 11.3 Å². The van der Waals surface area contributed by atoms with Crippen LogP contribution in [-0.2, 0) is 0 Å². The third-order valence-electron chi connectivity index (χ3n) is 2.70. The fourth-order valence-electron chi connectivity index (χ4n) is 1.56. The van der Waals surface area contributed by atoms with Crippen molar-refractivity contribution >= 4 is 5.91 Å². The Balaban J connectivity index is 1.90. The number of aromatic amines is 2. The van der Waals surface area contributed by atoms with Crippen molar-refractivity contribution in [3.8, 4) is 0 Å². The monoisotopic (exact) mass is 211 g/mol. The minimum absolute atomic E-state index is 0.183. The van der Waals surface area contributed by atoms with Crippen LogP contribution in [0.5, 0.6) is 0 Å². The maximum atomic E-state index is 11.4. The first-order valence-electron chi connectivity index (χ1n) is 4.87. The van der Waals surface area contributed by atoms with Crippen LogP contribution in [0.1, 0.15) is 29.8 Å². The van der Waals surface area contributed by atoms with E-state index in [4.69, 9.17) is 0 Å². The van der Waals surface area contributed by atoms with Crippen molar-refractivity contribution in [3.05, 3.63) is 22.4 Å². The van der Waals surface area contributed by atoms with Crippen LogP contribution < -0.4 is 11.0 Å². The molecule has 0 bridgehead atoms. The number of hydrogen-bond donors (Lipinski definition) is 4. The Morgan fingerprint density at radius 1 is 1.60 bits per heavy atom. The fraction of sp³-hybridized carbons (Fsp3) is 0.556. The van der Waals surface area contributed by atoms with Crippen molar-refractivity contribution in [2.45, 2.75) is 24.9 Å². The molecule has 6 heteroatoms. The molecule has 1 aliphatic rings.